The van der Waals surface area contributed by atoms with Crippen LogP contribution in [0.5, 0.6) is 11.5 Å². The molecule has 0 N–H and O–H groups in total. The van der Waals surface area contributed by atoms with Crippen LogP contribution in [0.4, 0.5) is 5.82 Å². The first-order valence-corrected chi connectivity index (χ1v) is 11.7. The Bertz CT molecular complexity index is 1190. The summed E-state index contributed by atoms with van der Waals surface area (Å²) >= 11 is 0. The van der Waals surface area contributed by atoms with E-state index in [2.05, 4.69) is 10.2 Å². The predicted molar refractivity (Wildman–Crippen MR) is 123 cm³/mol. The molecule has 0 amide bonds. The number of ether oxygens (including phenoxy) is 2. The van der Waals surface area contributed by atoms with E-state index in [9.17, 15) is 8.42 Å². The van der Waals surface area contributed by atoms with E-state index in [1.807, 2.05) is 48.2 Å². The number of aromatic nitrogens is 2. The lowest BCUT2D eigenvalue weighted by Gasteiger charge is -2.34. The van der Waals surface area contributed by atoms with Crippen LogP contribution in [0, 0.1) is 6.92 Å². The van der Waals surface area contributed by atoms with Gasteiger partial charge in [0.2, 0.25) is 10.0 Å². The normalized spacial score (nSPS) is 14.9. The summed E-state index contributed by atoms with van der Waals surface area (Å²) in [5.41, 5.74) is 3.01. The van der Waals surface area contributed by atoms with E-state index in [4.69, 9.17) is 9.47 Å². The minimum Gasteiger partial charge on any atom is -0.497 e. The number of anilines is 1. The van der Waals surface area contributed by atoms with E-state index in [1.165, 1.54) is 24.6 Å². The van der Waals surface area contributed by atoms with Crippen LogP contribution in [0.2, 0.25) is 0 Å². The summed E-state index contributed by atoms with van der Waals surface area (Å²) in [7, 11) is -0.717. The van der Waals surface area contributed by atoms with Crippen LogP contribution in [-0.4, -0.2) is 63.3 Å². The van der Waals surface area contributed by atoms with Gasteiger partial charge in [-0.05, 0) is 36.8 Å². The molecule has 1 aliphatic heterocycles. The lowest BCUT2D eigenvalue weighted by atomic mass is 10.1. The number of rotatable bonds is 6. The highest BCUT2D eigenvalue weighted by molar-refractivity contribution is 7.89. The largest absolute Gasteiger partial charge is 0.497 e. The van der Waals surface area contributed by atoms with Gasteiger partial charge < -0.3 is 14.4 Å². The zero-order chi connectivity index (χ0) is 22.7. The molecule has 0 aliphatic carbocycles. The molecule has 0 unspecified atom stereocenters. The highest BCUT2D eigenvalue weighted by Crippen LogP contribution is 2.31. The maximum absolute atomic E-state index is 13.2. The topological polar surface area (TPSA) is 84.9 Å². The van der Waals surface area contributed by atoms with Crippen LogP contribution in [0.3, 0.4) is 0 Å². The molecule has 1 saturated heterocycles. The molecule has 0 saturated carbocycles. The van der Waals surface area contributed by atoms with Crippen molar-refractivity contribution in [2.24, 2.45) is 0 Å². The Morgan fingerprint density at radius 1 is 0.875 bits per heavy atom. The number of benzene rings is 2. The zero-order valence-electron chi connectivity index (χ0n) is 18.4. The molecular weight excluding hydrogens is 428 g/mol. The minimum atomic E-state index is -3.69. The van der Waals surface area contributed by atoms with Crippen LogP contribution in [0.1, 0.15) is 5.56 Å². The fourth-order valence-electron chi connectivity index (χ4n) is 3.78. The monoisotopic (exact) mass is 454 g/mol. The molecule has 1 aliphatic rings. The van der Waals surface area contributed by atoms with Gasteiger partial charge in [-0.1, -0.05) is 24.3 Å². The number of nitrogens with zero attached hydrogens (tertiary/aromatic N) is 4. The molecule has 0 atom stereocenters. The summed E-state index contributed by atoms with van der Waals surface area (Å²) in [5, 5.41) is 8.77. The first-order valence-electron chi connectivity index (χ1n) is 10.3. The van der Waals surface area contributed by atoms with Gasteiger partial charge in [0.1, 0.15) is 16.4 Å². The van der Waals surface area contributed by atoms with Crippen LogP contribution >= 0.6 is 0 Å². The summed E-state index contributed by atoms with van der Waals surface area (Å²) in [6.07, 6.45) is 0. The Morgan fingerprint density at radius 2 is 1.62 bits per heavy atom. The second-order valence-electron chi connectivity index (χ2n) is 7.50. The summed E-state index contributed by atoms with van der Waals surface area (Å²) < 4.78 is 38.3. The lowest BCUT2D eigenvalue weighted by molar-refractivity contribution is 0.369. The van der Waals surface area contributed by atoms with E-state index in [1.54, 1.807) is 12.1 Å². The van der Waals surface area contributed by atoms with Gasteiger partial charge in [0.05, 0.1) is 19.9 Å². The second kappa shape index (κ2) is 9.13. The smallest absolute Gasteiger partial charge is 0.246 e. The highest BCUT2D eigenvalue weighted by atomic mass is 32.2. The molecule has 2 aromatic carbocycles. The number of piperazine rings is 1. The third kappa shape index (κ3) is 4.26. The van der Waals surface area contributed by atoms with Gasteiger partial charge in [-0.25, -0.2) is 8.42 Å². The SMILES string of the molecule is COc1ccc(S(=O)(=O)N2CCN(c3ccc(-c4ccccc4C)nn3)CC2)c(OC)c1. The summed E-state index contributed by atoms with van der Waals surface area (Å²) in [6.45, 7) is 3.78. The van der Waals surface area contributed by atoms with Gasteiger partial charge >= 0.3 is 0 Å². The quantitative estimate of drug-likeness (QED) is 0.566. The first kappa shape index (κ1) is 22.0. The summed E-state index contributed by atoms with van der Waals surface area (Å²) in [4.78, 5) is 2.18. The Labute approximate surface area is 188 Å². The Hall–Kier alpha value is -3.17. The van der Waals surface area contributed by atoms with Crippen molar-refractivity contribution in [3.63, 3.8) is 0 Å². The van der Waals surface area contributed by atoms with E-state index in [0.29, 0.717) is 31.9 Å². The van der Waals surface area contributed by atoms with Crippen LogP contribution in [0.25, 0.3) is 11.3 Å². The summed E-state index contributed by atoms with van der Waals surface area (Å²) in [6, 6.07) is 16.7. The van der Waals surface area contributed by atoms with Gasteiger partial charge in [0.15, 0.2) is 5.82 Å². The Morgan fingerprint density at radius 3 is 2.25 bits per heavy atom. The third-order valence-corrected chi connectivity index (χ3v) is 7.56. The van der Waals surface area contributed by atoms with Crippen molar-refractivity contribution in [2.75, 3.05) is 45.3 Å². The lowest BCUT2D eigenvalue weighted by Crippen LogP contribution is -2.49. The van der Waals surface area contributed by atoms with E-state index in [-0.39, 0.29) is 10.6 Å². The fourth-order valence-corrected chi connectivity index (χ4v) is 5.34. The molecular formula is C23H26N4O4S. The van der Waals surface area contributed by atoms with E-state index >= 15 is 0 Å². The Balaban J connectivity index is 1.47. The minimum absolute atomic E-state index is 0.136. The van der Waals surface area contributed by atoms with Gasteiger partial charge in [-0.15, -0.1) is 10.2 Å². The number of hydrogen-bond acceptors (Lipinski definition) is 7. The van der Waals surface area contributed by atoms with Gasteiger partial charge in [0.25, 0.3) is 0 Å². The molecule has 168 valence electrons. The molecule has 0 bridgehead atoms. The van der Waals surface area contributed by atoms with Crippen molar-refractivity contribution >= 4 is 15.8 Å². The van der Waals surface area contributed by atoms with E-state index < -0.39 is 10.0 Å². The molecule has 32 heavy (non-hydrogen) atoms. The molecule has 4 rings (SSSR count). The average Bonchev–Trinajstić information content (AvgIpc) is 2.84. The molecule has 1 fully saturated rings. The van der Waals surface area contributed by atoms with Crippen molar-refractivity contribution in [1.82, 2.24) is 14.5 Å². The van der Waals surface area contributed by atoms with Crippen LogP contribution < -0.4 is 14.4 Å². The van der Waals surface area contributed by atoms with Crippen LogP contribution in [0.15, 0.2) is 59.5 Å². The highest BCUT2D eigenvalue weighted by Gasteiger charge is 2.31. The fraction of sp³-hybridized carbons (Fsp3) is 0.304. The van der Waals surface area contributed by atoms with Crippen LogP contribution in [-0.2, 0) is 10.0 Å². The Kier molecular flexibility index (Phi) is 6.29. The third-order valence-electron chi connectivity index (χ3n) is 5.62. The molecule has 9 heteroatoms. The first-order chi connectivity index (χ1) is 15.4. The maximum atomic E-state index is 13.2. The maximum Gasteiger partial charge on any atom is 0.246 e. The number of aryl methyl sites for hydroxylation is 1. The number of sulfonamides is 1. The van der Waals surface area contributed by atoms with Crippen molar-refractivity contribution in [1.29, 1.82) is 0 Å². The van der Waals surface area contributed by atoms with E-state index in [0.717, 1.165) is 22.6 Å². The average molecular weight is 455 g/mol. The summed E-state index contributed by atoms with van der Waals surface area (Å²) in [5.74, 6) is 1.55. The van der Waals surface area contributed by atoms with Crippen molar-refractivity contribution < 1.29 is 17.9 Å². The van der Waals surface area contributed by atoms with Crippen molar-refractivity contribution in [3.8, 4) is 22.8 Å². The number of methoxy groups -OCH3 is 2. The predicted octanol–water partition coefficient (Wildman–Crippen LogP) is 2.98. The number of hydrogen-bond donors (Lipinski definition) is 0. The molecule has 2 heterocycles. The van der Waals surface area contributed by atoms with Crippen molar-refractivity contribution in [3.05, 3.63) is 60.2 Å². The van der Waals surface area contributed by atoms with Gasteiger partial charge in [-0.3, -0.25) is 0 Å². The zero-order valence-corrected chi connectivity index (χ0v) is 19.2. The van der Waals surface area contributed by atoms with Gasteiger partial charge in [0, 0.05) is 37.8 Å². The van der Waals surface area contributed by atoms with Gasteiger partial charge in [-0.2, -0.15) is 4.31 Å². The molecule has 1 aromatic heterocycles. The van der Waals surface area contributed by atoms with Crippen molar-refractivity contribution in [2.45, 2.75) is 11.8 Å². The molecule has 0 spiro atoms. The molecule has 0 radical (unpaired) electrons. The molecule has 3 aromatic rings. The standard InChI is InChI=1S/C23H26N4O4S/c1-17-6-4-5-7-19(17)20-9-11-23(25-24-20)26-12-14-27(15-13-26)32(28,29)22-10-8-18(30-2)16-21(22)31-3/h4-11,16H,12-15H2,1-3H3. The molecule has 8 nitrogen and oxygen atoms in total. The second-order valence-corrected chi connectivity index (χ2v) is 9.41.